The Kier molecular flexibility index (Phi) is 9.39. The number of imidazole rings is 1. The number of carbonyl (C=O) groups is 2. The van der Waals surface area contributed by atoms with Gasteiger partial charge in [-0.15, -0.1) is 0 Å². The molecule has 0 fully saturated rings. The largest absolute Gasteiger partial charge is 0.488 e. The van der Waals surface area contributed by atoms with Crippen molar-refractivity contribution < 1.29 is 27.9 Å². The van der Waals surface area contributed by atoms with Crippen LogP contribution in [0, 0.1) is 5.92 Å². The summed E-state index contributed by atoms with van der Waals surface area (Å²) < 4.78 is 35.4. The molecule has 0 bridgehead atoms. The Morgan fingerprint density at radius 2 is 2.03 bits per heavy atom. The molecule has 0 unspecified atom stereocenters. The van der Waals surface area contributed by atoms with E-state index in [2.05, 4.69) is 15.6 Å². The molecule has 3 amide bonds. The maximum absolute atomic E-state index is 13.3. The number of aryl methyl sites for hydroxylation is 1. The number of fused-ring (bicyclic) bond motifs is 1. The normalized spacial score (nSPS) is 19.3. The molecule has 0 saturated heterocycles. The van der Waals surface area contributed by atoms with Crippen molar-refractivity contribution in [2.75, 3.05) is 32.1 Å². The van der Waals surface area contributed by atoms with Gasteiger partial charge in [0.1, 0.15) is 11.9 Å². The number of likely N-dealkylation sites (N-methyl/N-ethyl adjacent to an activating group) is 1. The number of carbonyl (C=O) groups excluding carboxylic acids is 2. The van der Waals surface area contributed by atoms with Gasteiger partial charge in [-0.2, -0.15) is 4.31 Å². The molecule has 12 nitrogen and oxygen atoms in total. The van der Waals surface area contributed by atoms with Crippen LogP contribution in [0.15, 0.2) is 35.7 Å². The van der Waals surface area contributed by atoms with E-state index in [1.165, 1.54) is 23.9 Å². The zero-order valence-corrected chi connectivity index (χ0v) is 23.5. The summed E-state index contributed by atoms with van der Waals surface area (Å²) in [6, 6.07) is 4.15. The molecule has 2 heterocycles. The van der Waals surface area contributed by atoms with Gasteiger partial charge in [-0.05, 0) is 39.0 Å². The van der Waals surface area contributed by atoms with Gasteiger partial charge in [0.05, 0.1) is 31.9 Å². The molecule has 3 rings (SSSR count). The molecule has 0 aliphatic carbocycles. The van der Waals surface area contributed by atoms with Crippen LogP contribution < -0.4 is 15.4 Å². The number of sulfonamides is 1. The molecular weight excluding hydrogens is 512 g/mol. The number of rotatable bonds is 8. The van der Waals surface area contributed by atoms with E-state index in [1.807, 2.05) is 20.8 Å². The van der Waals surface area contributed by atoms with Crippen molar-refractivity contribution in [2.45, 2.75) is 57.3 Å². The standard InChI is InChI=1S/C25H38N6O6S/c1-16(2)27-25(34)28-20-7-8-21-19(9-20)10-24(33)31(18(4)14-32)11-17(3)22(37-21)12-30(6)38(35,36)23-13-29(5)15-26-23/h7-9,13,15-18,22,32H,10-12,14H2,1-6H3,(H2,27,28,34)/t17-,18-,22-/m1/s1. The molecule has 3 atom stereocenters. The van der Waals surface area contributed by atoms with Crippen LogP contribution in [-0.2, 0) is 28.3 Å². The number of urea groups is 1. The molecule has 0 saturated carbocycles. The van der Waals surface area contributed by atoms with Gasteiger partial charge in [0.15, 0.2) is 5.03 Å². The van der Waals surface area contributed by atoms with Crippen LogP contribution in [0.4, 0.5) is 10.5 Å². The van der Waals surface area contributed by atoms with Crippen molar-refractivity contribution in [3.63, 3.8) is 0 Å². The quantitative estimate of drug-likeness (QED) is 0.451. The minimum atomic E-state index is -3.88. The van der Waals surface area contributed by atoms with Gasteiger partial charge in [-0.25, -0.2) is 18.2 Å². The number of nitrogens with one attached hydrogen (secondary N) is 2. The molecule has 2 aromatic rings. The van der Waals surface area contributed by atoms with Gasteiger partial charge >= 0.3 is 6.03 Å². The lowest BCUT2D eigenvalue weighted by Gasteiger charge is -2.33. The maximum atomic E-state index is 13.3. The number of anilines is 1. The summed E-state index contributed by atoms with van der Waals surface area (Å²) in [6.07, 6.45) is 2.22. The van der Waals surface area contributed by atoms with Gasteiger partial charge in [-0.1, -0.05) is 6.92 Å². The molecule has 1 aliphatic rings. The molecule has 38 heavy (non-hydrogen) atoms. The first-order chi connectivity index (χ1) is 17.8. The summed E-state index contributed by atoms with van der Waals surface area (Å²) >= 11 is 0. The zero-order valence-electron chi connectivity index (χ0n) is 22.7. The third-order valence-corrected chi connectivity index (χ3v) is 8.10. The van der Waals surface area contributed by atoms with E-state index in [-0.39, 0.29) is 55.0 Å². The van der Waals surface area contributed by atoms with E-state index in [1.54, 1.807) is 41.6 Å². The second-order valence-electron chi connectivity index (χ2n) is 10.1. The Morgan fingerprint density at radius 3 is 2.63 bits per heavy atom. The predicted octanol–water partition coefficient (Wildman–Crippen LogP) is 1.42. The molecule has 1 aromatic carbocycles. The molecule has 0 radical (unpaired) electrons. The van der Waals surface area contributed by atoms with E-state index < -0.39 is 22.2 Å². The van der Waals surface area contributed by atoms with E-state index in [0.29, 0.717) is 17.0 Å². The van der Waals surface area contributed by atoms with Crippen LogP contribution in [0.1, 0.15) is 33.3 Å². The first kappa shape index (κ1) is 29.4. The van der Waals surface area contributed by atoms with Crippen LogP contribution in [0.2, 0.25) is 0 Å². The zero-order chi connectivity index (χ0) is 28.2. The third-order valence-electron chi connectivity index (χ3n) is 6.39. The van der Waals surface area contributed by atoms with Gasteiger partial charge < -0.3 is 29.9 Å². The number of nitrogens with zero attached hydrogens (tertiary/aromatic N) is 4. The fourth-order valence-electron chi connectivity index (χ4n) is 4.19. The van der Waals surface area contributed by atoms with Gasteiger partial charge in [0, 0.05) is 50.0 Å². The summed E-state index contributed by atoms with van der Waals surface area (Å²) in [7, 11) is -0.722. The smallest absolute Gasteiger partial charge is 0.319 e. The molecule has 1 aliphatic heterocycles. The maximum Gasteiger partial charge on any atom is 0.319 e. The Bertz CT molecular complexity index is 1250. The topological polar surface area (TPSA) is 146 Å². The monoisotopic (exact) mass is 550 g/mol. The summed E-state index contributed by atoms with van der Waals surface area (Å²) in [6.45, 7) is 7.38. The second kappa shape index (κ2) is 12.1. The highest BCUT2D eigenvalue weighted by atomic mass is 32.2. The van der Waals surface area contributed by atoms with Gasteiger partial charge in [0.2, 0.25) is 5.91 Å². The summed E-state index contributed by atoms with van der Waals surface area (Å²) in [4.78, 5) is 31.1. The number of hydrogen-bond acceptors (Lipinski definition) is 7. The fourth-order valence-corrected chi connectivity index (χ4v) is 5.33. The van der Waals surface area contributed by atoms with E-state index in [4.69, 9.17) is 4.74 Å². The molecule has 13 heteroatoms. The Balaban J connectivity index is 1.95. The van der Waals surface area contributed by atoms with E-state index in [9.17, 15) is 23.1 Å². The Morgan fingerprint density at radius 1 is 1.32 bits per heavy atom. The average molecular weight is 551 g/mol. The highest BCUT2D eigenvalue weighted by Crippen LogP contribution is 2.29. The minimum Gasteiger partial charge on any atom is -0.488 e. The highest BCUT2D eigenvalue weighted by Gasteiger charge is 2.34. The Hall–Kier alpha value is -3.16. The van der Waals surface area contributed by atoms with Crippen molar-refractivity contribution in [3.8, 4) is 5.75 Å². The van der Waals surface area contributed by atoms with Crippen molar-refractivity contribution in [1.82, 2.24) is 24.1 Å². The van der Waals surface area contributed by atoms with Gasteiger partial charge in [0.25, 0.3) is 10.0 Å². The van der Waals surface area contributed by atoms with Crippen molar-refractivity contribution in [2.24, 2.45) is 13.0 Å². The number of ether oxygens (including phenoxy) is 1. The molecule has 210 valence electrons. The van der Waals surface area contributed by atoms with E-state index >= 15 is 0 Å². The van der Waals surface area contributed by atoms with Crippen molar-refractivity contribution >= 4 is 27.6 Å². The number of amides is 3. The minimum absolute atomic E-state index is 0.00580. The van der Waals surface area contributed by atoms with Crippen molar-refractivity contribution in [1.29, 1.82) is 0 Å². The summed E-state index contributed by atoms with van der Waals surface area (Å²) in [5.41, 5.74) is 1.03. The van der Waals surface area contributed by atoms with Crippen LogP contribution in [0.5, 0.6) is 5.75 Å². The number of aromatic nitrogens is 2. The average Bonchev–Trinajstić information content (AvgIpc) is 3.29. The summed E-state index contributed by atoms with van der Waals surface area (Å²) in [5, 5.41) is 15.2. The number of benzene rings is 1. The molecule has 1 aromatic heterocycles. The van der Waals surface area contributed by atoms with Crippen LogP contribution in [-0.4, -0.2) is 89.2 Å². The fraction of sp³-hybridized carbons (Fsp3) is 0.560. The Labute approximate surface area is 224 Å². The number of hydrogen-bond donors (Lipinski definition) is 3. The first-order valence-electron chi connectivity index (χ1n) is 12.5. The molecule has 3 N–H and O–H groups in total. The van der Waals surface area contributed by atoms with Crippen molar-refractivity contribution in [3.05, 3.63) is 36.3 Å². The highest BCUT2D eigenvalue weighted by molar-refractivity contribution is 7.89. The predicted molar refractivity (Wildman–Crippen MR) is 142 cm³/mol. The van der Waals surface area contributed by atoms with Crippen LogP contribution >= 0.6 is 0 Å². The third kappa shape index (κ3) is 7.03. The first-order valence-corrected chi connectivity index (χ1v) is 14.0. The van der Waals surface area contributed by atoms with Crippen LogP contribution in [0.3, 0.4) is 0 Å². The lowest BCUT2D eigenvalue weighted by atomic mass is 10.0. The number of aliphatic hydroxyl groups is 1. The summed E-state index contributed by atoms with van der Waals surface area (Å²) in [5.74, 6) is -0.0656. The lowest BCUT2D eigenvalue weighted by Crippen LogP contribution is -2.48. The van der Waals surface area contributed by atoms with Crippen LogP contribution in [0.25, 0.3) is 0 Å². The number of aliphatic hydroxyl groups excluding tert-OH is 1. The SMILES string of the molecule is CC(C)NC(=O)Nc1ccc2c(c1)CC(=O)N([C@H](C)CO)C[C@@H](C)[C@@H](CN(C)S(=O)(=O)c1cn(C)cn1)O2. The molecule has 0 spiro atoms. The molecular formula is C25H38N6O6S. The lowest BCUT2D eigenvalue weighted by molar-refractivity contribution is -0.134. The second-order valence-corrected chi connectivity index (χ2v) is 12.1. The van der Waals surface area contributed by atoms with Gasteiger partial charge in [-0.3, -0.25) is 4.79 Å². The van der Waals surface area contributed by atoms with E-state index in [0.717, 1.165) is 0 Å².